The lowest BCUT2D eigenvalue weighted by molar-refractivity contribution is 1.22. The molecule has 0 unspecified atom stereocenters. The predicted octanol–water partition coefficient (Wildman–Crippen LogP) is 7.53. The highest BCUT2D eigenvalue weighted by Gasteiger charge is 2.15. The number of rotatable bonds is 5. The average molecular weight is 391 g/mol. The number of hydrogen-bond acceptors (Lipinski definition) is 2. The van der Waals surface area contributed by atoms with Crippen molar-refractivity contribution < 1.29 is 0 Å². The van der Waals surface area contributed by atoms with Crippen molar-refractivity contribution in [2.45, 2.75) is 13.8 Å². The summed E-state index contributed by atoms with van der Waals surface area (Å²) in [7, 11) is 0. The lowest BCUT2D eigenvalue weighted by atomic mass is 10.1. The van der Waals surface area contributed by atoms with E-state index < -0.39 is 0 Å². The van der Waals surface area contributed by atoms with Gasteiger partial charge >= 0.3 is 0 Å². The summed E-state index contributed by atoms with van der Waals surface area (Å²) in [5.41, 5.74) is 14.9. The van der Waals surface area contributed by atoms with Crippen LogP contribution in [0.5, 0.6) is 0 Å². The monoisotopic (exact) mass is 390 g/mol. The molecule has 0 radical (unpaired) electrons. The second-order valence-electron chi connectivity index (χ2n) is 7.50. The van der Waals surface area contributed by atoms with Gasteiger partial charge in [0.15, 0.2) is 0 Å². The molecule has 0 aliphatic rings. The van der Waals surface area contributed by atoms with Crippen molar-refractivity contribution in [3.8, 4) is 0 Å². The van der Waals surface area contributed by atoms with Crippen molar-refractivity contribution in [2.75, 3.05) is 10.6 Å². The molecule has 0 atom stereocenters. The lowest BCUT2D eigenvalue weighted by Crippen LogP contribution is -2.12. The van der Waals surface area contributed by atoms with Crippen LogP contribution in [0.2, 0.25) is 0 Å². The summed E-state index contributed by atoms with van der Waals surface area (Å²) < 4.78 is 0. The molecule has 0 aromatic heterocycles. The molecule has 2 N–H and O–H groups in total. The SMILES string of the molecule is Cc1ccccc1N(c1ccc(C=Cc2ccc(N)cc2)cc1)c1ccccc1C. The van der Waals surface area contributed by atoms with E-state index in [-0.39, 0.29) is 0 Å². The number of nitrogens with zero attached hydrogens (tertiary/aromatic N) is 1. The Morgan fingerprint density at radius 1 is 0.567 bits per heavy atom. The molecule has 2 heteroatoms. The molecule has 0 aliphatic heterocycles. The summed E-state index contributed by atoms with van der Waals surface area (Å²) in [6, 6.07) is 33.6. The second kappa shape index (κ2) is 8.71. The van der Waals surface area contributed by atoms with Crippen LogP contribution in [0, 0.1) is 13.8 Å². The average Bonchev–Trinajstić information content (AvgIpc) is 2.77. The van der Waals surface area contributed by atoms with E-state index >= 15 is 0 Å². The standard InChI is InChI=1S/C28H26N2/c1-21-7-3-5-9-27(21)30(28-10-6-4-8-22(28)2)26-19-15-24(16-20-26)12-11-23-13-17-25(29)18-14-23/h3-20H,29H2,1-2H3. The highest BCUT2D eigenvalue weighted by atomic mass is 15.1. The van der Waals surface area contributed by atoms with E-state index in [9.17, 15) is 0 Å². The second-order valence-corrected chi connectivity index (χ2v) is 7.50. The molecular weight excluding hydrogens is 364 g/mol. The van der Waals surface area contributed by atoms with Gasteiger partial charge in [-0.3, -0.25) is 0 Å². The van der Waals surface area contributed by atoms with Gasteiger partial charge in [0.05, 0.1) is 0 Å². The minimum Gasteiger partial charge on any atom is -0.399 e. The molecule has 0 saturated heterocycles. The summed E-state index contributed by atoms with van der Waals surface area (Å²) in [4.78, 5) is 2.33. The van der Waals surface area contributed by atoms with Gasteiger partial charge in [0.1, 0.15) is 0 Å². The van der Waals surface area contributed by atoms with Crippen LogP contribution in [0.1, 0.15) is 22.3 Å². The number of nitrogen functional groups attached to an aromatic ring is 1. The first kappa shape index (κ1) is 19.5. The molecule has 2 nitrogen and oxygen atoms in total. The normalized spacial score (nSPS) is 11.0. The van der Waals surface area contributed by atoms with Crippen LogP contribution >= 0.6 is 0 Å². The third-order valence-electron chi connectivity index (χ3n) is 5.27. The topological polar surface area (TPSA) is 29.3 Å². The number of benzene rings is 4. The zero-order valence-corrected chi connectivity index (χ0v) is 17.4. The highest BCUT2D eigenvalue weighted by Crippen LogP contribution is 2.38. The van der Waals surface area contributed by atoms with Crippen molar-refractivity contribution in [2.24, 2.45) is 0 Å². The molecule has 0 bridgehead atoms. The first-order valence-electron chi connectivity index (χ1n) is 10.2. The Morgan fingerprint density at radius 3 is 1.47 bits per heavy atom. The fourth-order valence-electron chi connectivity index (χ4n) is 3.57. The van der Waals surface area contributed by atoms with Crippen molar-refractivity contribution in [3.05, 3.63) is 119 Å². The molecule has 0 amide bonds. The Labute approximate surface area is 178 Å². The van der Waals surface area contributed by atoms with E-state index in [1.165, 1.54) is 22.5 Å². The van der Waals surface area contributed by atoms with E-state index in [1.54, 1.807) is 0 Å². The summed E-state index contributed by atoms with van der Waals surface area (Å²) >= 11 is 0. The Morgan fingerprint density at radius 2 is 1.00 bits per heavy atom. The van der Waals surface area contributed by atoms with E-state index in [0.29, 0.717) is 0 Å². The molecule has 4 aromatic carbocycles. The van der Waals surface area contributed by atoms with Crippen LogP contribution in [0.25, 0.3) is 12.2 Å². The summed E-state index contributed by atoms with van der Waals surface area (Å²) in [6.45, 7) is 4.31. The van der Waals surface area contributed by atoms with E-state index in [2.05, 4.69) is 104 Å². The third-order valence-corrected chi connectivity index (χ3v) is 5.27. The smallest absolute Gasteiger partial charge is 0.0490 e. The predicted molar refractivity (Wildman–Crippen MR) is 130 cm³/mol. The van der Waals surface area contributed by atoms with Gasteiger partial charge in [0.25, 0.3) is 0 Å². The number of para-hydroxylation sites is 2. The van der Waals surface area contributed by atoms with Crippen LogP contribution in [0.4, 0.5) is 22.7 Å². The summed E-state index contributed by atoms with van der Waals surface area (Å²) in [5.74, 6) is 0. The van der Waals surface area contributed by atoms with Crippen molar-refractivity contribution in [1.82, 2.24) is 0 Å². The fourth-order valence-corrected chi connectivity index (χ4v) is 3.57. The Hall–Kier alpha value is -3.78. The molecule has 0 spiro atoms. The van der Waals surface area contributed by atoms with Gasteiger partial charge in [-0.15, -0.1) is 0 Å². The lowest BCUT2D eigenvalue weighted by Gasteiger charge is -2.28. The highest BCUT2D eigenvalue weighted by molar-refractivity contribution is 5.81. The summed E-state index contributed by atoms with van der Waals surface area (Å²) in [6.07, 6.45) is 4.23. The van der Waals surface area contributed by atoms with Gasteiger partial charge in [-0.1, -0.05) is 72.8 Å². The number of aryl methyl sites for hydroxylation is 2. The van der Waals surface area contributed by atoms with E-state index in [0.717, 1.165) is 22.5 Å². The van der Waals surface area contributed by atoms with Crippen LogP contribution in [-0.4, -0.2) is 0 Å². The van der Waals surface area contributed by atoms with Crippen LogP contribution in [0.15, 0.2) is 97.1 Å². The van der Waals surface area contributed by atoms with Gasteiger partial charge < -0.3 is 10.6 Å². The van der Waals surface area contributed by atoms with Crippen molar-refractivity contribution in [3.63, 3.8) is 0 Å². The first-order chi connectivity index (χ1) is 14.6. The maximum Gasteiger partial charge on any atom is 0.0490 e. The Bertz CT molecular complexity index is 1110. The number of hydrogen-bond donors (Lipinski definition) is 1. The minimum absolute atomic E-state index is 0.781. The first-order valence-corrected chi connectivity index (χ1v) is 10.2. The molecule has 148 valence electrons. The number of anilines is 4. The Balaban J connectivity index is 1.69. The van der Waals surface area contributed by atoms with Crippen molar-refractivity contribution in [1.29, 1.82) is 0 Å². The molecule has 4 aromatic rings. The molecule has 0 saturated carbocycles. The molecule has 30 heavy (non-hydrogen) atoms. The fraction of sp³-hybridized carbons (Fsp3) is 0.0714. The molecule has 0 aliphatic carbocycles. The van der Waals surface area contributed by atoms with Crippen LogP contribution in [0.3, 0.4) is 0 Å². The van der Waals surface area contributed by atoms with E-state index in [1.807, 2.05) is 24.3 Å². The van der Waals surface area contributed by atoms with Gasteiger partial charge in [0, 0.05) is 22.7 Å². The van der Waals surface area contributed by atoms with Gasteiger partial charge in [-0.2, -0.15) is 0 Å². The van der Waals surface area contributed by atoms with Crippen LogP contribution in [-0.2, 0) is 0 Å². The summed E-state index contributed by atoms with van der Waals surface area (Å²) in [5, 5.41) is 0. The maximum absolute atomic E-state index is 5.77. The largest absolute Gasteiger partial charge is 0.399 e. The maximum atomic E-state index is 5.77. The van der Waals surface area contributed by atoms with Crippen LogP contribution < -0.4 is 10.6 Å². The van der Waals surface area contributed by atoms with Gasteiger partial charge in [-0.25, -0.2) is 0 Å². The quantitative estimate of drug-likeness (QED) is 0.282. The van der Waals surface area contributed by atoms with Crippen molar-refractivity contribution >= 4 is 34.9 Å². The zero-order valence-electron chi connectivity index (χ0n) is 17.4. The molecule has 4 rings (SSSR count). The molecule has 0 fully saturated rings. The van der Waals surface area contributed by atoms with Gasteiger partial charge in [0.2, 0.25) is 0 Å². The molecular formula is C28H26N2. The van der Waals surface area contributed by atoms with Gasteiger partial charge in [-0.05, 0) is 72.5 Å². The minimum atomic E-state index is 0.781. The Kier molecular flexibility index (Phi) is 5.67. The zero-order chi connectivity index (χ0) is 20.9. The van der Waals surface area contributed by atoms with E-state index in [4.69, 9.17) is 5.73 Å². The third kappa shape index (κ3) is 4.28. The number of nitrogens with two attached hydrogens (primary N) is 1. The molecule has 0 heterocycles.